The van der Waals surface area contributed by atoms with E-state index in [0.29, 0.717) is 13.1 Å². The molecular weight excluding hydrogens is 396 g/mol. The summed E-state index contributed by atoms with van der Waals surface area (Å²) in [6.45, 7) is 9.12. The van der Waals surface area contributed by atoms with Crippen LogP contribution in [0.3, 0.4) is 0 Å². The highest BCUT2D eigenvalue weighted by molar-refractivity contribution is 6.33. The fourth-order valence-electron chi connectivity index (χ4n) is 3.53. The van der Waals surface area contributed by atoms with Crippen molar-refractivity contribution < 1.29 is 9.53 Å². The Kier molecular flexibility index (Phi) is 6.77. The van der Waals surface area contributed by atoms with E-state index in [0.717, 1.165) is 40.4 Å². The molecule has 0 radical (unpaired) electrons. The van der Waals surface area contributed by atoms with E-state index in [1.165, 1.54) is 5.57 Å². The topological polar surface area (TPSA) is 32.8 Å². The van der Waals surface area contributed by atoms with E-state index in [1.54, 1.807) is 4.90 Å². The van der Waals surface area contributed by atoms with Gasteiger partial charge in [0.1, 0.15) is 5.60 Å². The number of piperidine rings is 1. The average molecular weight is 427 g/mol. The van der Waals surface area contributed by atoms with E-state index in [9.17, 15) is 4.79 Å². The Morgan fingerprint density at radius 1 is 1.13 bits per heavy atom. The molecule has 1 aliphatic heterocycles. The van der Waals surface area contributed by atoms with Crippen molar-refractivity contribution in [2.45, 2.75) is 46.1 Å². The van der Waals surface area contributed by atoms with E-state index in [-0.39, 0.29) is 6.09 Å². The maximum atomic E-state index is 12.2. The second-order valence-electron chi connectivity index (χ2n) is 8.88. The summed E-state index contributed by atoms with van der Waals surface area (Å²) in [4.78, 5) is 16.2. The molecule has 2 aromatic carbocycles. The molecule has 1 aliphatic rings. The number of benzene rings is 2. The van der Waals surface area contributed by atoms with Gasteiger partial charge in [-0.05, 0) is 75.9 Å². The zero-order valence-corrected chi connectivity index (χ0v) is 19.3. The summed E-state index contributed by atoms with van der Waals surface area (Å²) in [6, 6.07) is 14.5. The number of anilines is 2. The van der Waals surface area contributed by atoms with Gasteiger partial charge in [0.05, 0.1) is 10.7 Å². The van der Waals surface area contributed by atoms with E-state index in [1.807, 2.05) is 40.8 Å². The minimum absolute atomic E-state index is 0.222. The first-order valence-corrected chi connectivity index (χ1v) is 10.8. The number of halogens is 1. The maximum Gasteiger partial charge on any atom is 0.410 e. The van der Waals surface area contributed by atoms with Gasteiger partial charge in [-0.1, -0.05) is 41.4 Å². The van der Waals surface area contributed by atoms with Crippen LogP contribution in [0.5, 0.6) is 0 Å². The molecule has 0 atom stereocenters. The molecule has 0 aliphatic carbocycles. The number of rotatable bonds is 3. The summed E-state index contributed by atoms with van der Waals surface area (Å²) in [7, 11) is 2.03. The van der Waals surface area contributed by atoms with Gasteiger partial charge in [-0.15, -0.1) is 0 Å². The highest BCUT2D eigenvalue weighted by Crippen LogP contribution is 2.32. The fraction of sp³-hybridized carbons (Fsp3) is 0.400. The number of hydrogen-bond acceptors (Lipinski definition) is 3. The van der Waals surface area contributed by atoms with Crippen LogP contribution in [0.25, 0.3) is 6.08 Å². The monoisotopic (exact) mass is 426 g/mol. The van der Waals surface area contributed by atoms with E-state index >= 15 is 0 Å². The van der Waals surface area contributed by atoms with Gasteiger partial charge >= 0.3 is 6.09 Å². The van der Waals surface area contributed by atoms with Crippen LogP contribution in [0.15, 0.2) is 48.0 Å². The lowest BCUT2D eigenvalue weighted by Gasteiger charge is -2.31. The largest absolute Gasteiger partial charge is 0.444 e. The molecule has 4 nitrogen and oxygen atoms in total. The highest BCUT2D eigenvalue weighted by Gasteiger charge is 2.24. The minimum atomic E-state index is -0.458. The molecule has 0 spiro atoms. The molecule has 2 aromatic rings. The molecule has 1 heterocycles. The smallest absolute Gasteiger partial charge is 0.410 e. The lowest BCUT2D eigenvalue weighted by molar-refractivity contribution is 0.0237. The van der Waals surface area contributed by atoms with Gasteiger partial charge in [-0.3, -0.25) is 0 Å². The Morgan fingerprint density at radius 3 is 2.47 bits per heavy atom. The maximum absolute atomic E-state index is 12.2. The first kappa shape index (κ1) is 22.2. The molecule has 1 amide bonds. The first-order chi connectivity index (χ1) is 14.1. The van der Waals surface area contributed by atoms with Crippen LogP contribution in [0.4, 0.5) is 16.2 Å². The molecule has 0 bridgehead atoms. The molecule has 30 heavy (non-hydrogen) atoms. The second-order valence-corrected chi connectivity index (χ2v) is 9.29. The molecule has 0 N–H and O–H groups in total. The van der Waals surface area contributed by atoms with Crippen molar-refractivity contribution in [2.75, 3.05) is 25.0 Å². The van der Waals surface area contributed by atoms with Crippen LogP contribution in [0.1, 0.15) is 44.7 Å². The Balaban J connectivity index is 1.68. The number of aryl methyl sites for hydroxylation is 1. The van der Waals surface area contributed by atoms with Crippen LogP contribution < -0.4 is 4.90 Å². The standard InChI is InChI=1S/C25H31ClN2O2/c1-18-9-10-23(22(26)15-18)27(5)21-8-6-7-20(17-21)16-19-11-13-28(14-12-19)24(29)30-25(2,3)4/h6-10,15-17H,11-14H2,1-5H3. The zero-order chi connectivity index (χ0) is 21.9. The van der Waals surface area contributed by atoms with Crippen molar-refractivity contribution >= 4 is 35.1 Å². The van der Waals surface area contributed by atoms with Gasteiger partial charge < -0.3 is 14.5 Å². The summed E-state index contributed by atoms with van der Waals surface area (Å²) in [5, 5.41) is 0.746. The Bertz CT molecular complexity index is 936. The highest BCUT2D eigenvalue weighted by atomic mass is 35.5. The second kappa shape index (κ2) is 9.13. The Hall–Kier alpha value is -2.46. The third-order valence-corrected chi connectivity index (χ3v) is 5.45. The minimum Gasteiger partial charge on any atom is -0.444 e. The molecular formula is C25H31ClN2O2. The molecule has 1 saturated heterocycles. The molecule has 3 rings (SSSR count). The predicted molar refractivity (Wildman–Crippen MR) is 126 cm³/mol. The lowest BCUT2D eigenvalue weighted by Crippen LogP contribution is -2.40. The van der Waals surface area contributed by atoms with Crippen LogP contribution >= 0.6 is 11.6 Å². The van der Waals surface area contributed by atoms with Crippen LogP contribution in [0.2, 0.25) is 5.02 Å². The SMILES string of the molecule is Cc1ccc(N(C)c2cccc(C=C3CCN(C(=O)OC(C)(C)C)CC3)c2)c(Cl)c1. The number of amides is 1. The van der Waals surface area contributed by atoms with E-state index in [2.05, 4.69) is 47.4 Å². The molecule has 0 aromatic heterocycles. The van der Waals surface area contributed by atoms with Crippen molar-refractivity contribution in [3.63, 3.8) is 0 Å². The first-order valence-electron chi connectivity index (χ1n) is 10.4. The van der Waals surface area contributed by atoms with E-state index < -0.39 is 5.60 Å². The van der Waals surface area contributed by atoms with Crippen molar-refractivity contribution in [3.8, 4) is 0 Å². The van der Waals surface area contributed by atoms with Gasteiger partial charge in [0, 0.05) is 25.8 Å². The van der Waals surface area contributed by atoms with Gasteiger partial charge in [0.2, 0.25) is 0 Å². The molecule has 1 fully saturated rings. The van der Waals surface area contributed by atoms with Gasteiger partial charge in [0.15, 0.2) is 0 Å². The van der Waals surface area contributed by atoms with Crippen LogP contribution in [0, 0.1) is 6.92 Å². The number of hydrogen-bond donors (Lipinski definition) is 0. The lowest BCUT2D eigenvalue weighted by atomic mass is 10.0. The number of carbonyl (C=O) groups excluding carboxylic acids is 1. The normalized spacial score (nSPS) is 14.5. The quantitative estimate of drug-likeness (QED) is 0.539. The molecule has 0 saturated carbocycles. The van der Waals surface area contributed by atoms with Crippen molar-refractivity contribution in [2.24, 2.45) is 0 Å². The predicted octanol–water partition coefficient (Wildman–Crippen LogP) is 6.83. The van der Waals surface area contributed by atoms with Gasteiger partial charge in [0.25, 0.3) is 0 Å². The number of likely N-dealkylation sites (tertiary alicyclic amines) is 1. The van der Waals surface area contributed by atoms with Crippen molar-refractivity contribution in [3.05, 3.63) is 64.2 Å². The van der Waals surface area contributed by atoms with Gasteiger partial charge in [-0.25, -0.2) is 4.79 Å². The number of carbonyl (C=O) groups is 1. The van der Waals surface area contributed by atoms with Crippen LogP contribution in [-0.2, 0) is 4.74 Å². The summed E-state index contributed by atoms with van der Waals surface area (Å²) in [6.07, 6.45) is 3.74. The summed E-state index contributed by atoms with van der Waals surface area (Å²) in [5.41, 5.74) is 5.26. The van der Waals surface area contributed by atoms with Crippen molar-refractivity contribution in [1.29, 1.82) is 0 Å². The third kappa shape index (κ3) is 5.79. The van der Waals surface area contributed by atoms with Crippen LogP contribution in [-0.4, -0.2) is 36.7 Å². The number of ether oxygens (including phenoxy) is 1. The molecule has 5 heteroatoms. The fourth-order valence-corrected chi connectivity index (χ4v) is 3.89. The van der Waals surface area contributed by atoms with Crippen molar-refractivity contribution in [1.82, 2.24) is 4.90 Å². The molecule has 160 valence electrons. The Morgan fingerprint density at radius 2 is 1.83 bits per heavy atom. The number of nitrogens with zero attached hydrogens (tertiary/aromatic N) is 2. The third-order valence-electron chi connectivity index (χ3n) is 5.15. The Labute approximate surface area is 185 Å². The van der Waals surface area contributed by atoms with Gasteiger partial charge in [-0.2, -0.15) is 0 Å². The average Bonchev–Trinajstić information content (AvgIpc) is 2.67. The summed E-state index contributed by atoms with van der Waals surface area (Å²) < 4.78 is 5.48. The van der Waals surface area contributed by atoms with E-state index in [4.69, 9.17) is 16.3 Å². The zero-order valence-electron chi connectivity index (χ0n) is 18.5. The summed E-state index contributed by atoms with van der Waals surface area (Å²) in [5.74, 6) is 0. The summed E-state index contributed by atoms with van der Waals surface area (Å²) >= 11 is 6.45. The molecule has 0 unspecified atom stereocenters.